The van der Waals surface area contributed by atoms with Gasteiger partial charge in [0, 0.05) is 28.4 Å². The first-order chi connectivity index (χ1) is 12.4. The summed E-state index contributed by atoms with van der Waals surface area (Å²) in [6.45, 7) is 5.02. The van der Waals surface area contributed by atoms with E-state index in [9.17, 15) is 9.59 Å². The summed E-state index contributed by atoms with van der Waals surface area (Å²) in [7, 11) is 0. The van der Waals surface area contributed by atoms with E-state index in [0.29, 0.717) is 10.6 Å². The van der Waals surface area contributed by atoms with E-state index in [1.165, 1.54) is 0 Å². The van der Waals surface area contributed by atoms with E-state index in [0.717, 1.165) is 28.2 Å². The first kappa shape index (κ1) is 18.2. The monoisotopic (exact) mass is 365 g/mol. The highest BCUT2D eigenvalue weighted by molar-refractivity contribution is 6.30. The summed E-state index contributed by atoms with van der Waals surface area (Å²) in [5.74, 6) is -0.0124. The molecular formula is C22H20ClNO2. The molecule has 3 nitrogen and oxygen atoms in total. The molecule has 0 aliphatic heterocycles. The zero-order valence-corrected chi connectivity index (χ0v) is 15.8. The first-order valence-electron chi connectivity index (χ1n) is 8.46. The molecule has 0 spiro atoms. The molecule has 1 aromatic heterocycles. The average Bonchev–Trinajstić information content (AvgIpc) is 2.88. The lowest BCUT2D eigenvalue weighted by molar-refractivity contribution is -0.116. The molecule has 0 amide bonds. The SMILES string of the molecule is CC(=O)Cc1c(C(C)=O)c(C)n(-c2ccc(Cl)cc2)c1-c1ccccc1. The Labute approximate surface area is 158 Å². The third-order valence-electron chi connectivity index (χ3n) is 4.42. The van der Waals surface area contributed by atoms with E-state index in [2.05, 4.69) is 0 Å². The van der Waals surface area contributed by atoms with Crippen molar-refractivity contribution in [1.29, 1.82) is 0 Å². The fourth-order valence-corrected chi connectivity index (χ4v) is 3.58. The molecule has 0 radical (unpaired) electrons. The Morgan fingerprint density at radius 1 is 0.962 bits per heavy atom. The van der Waals surface area contributed by atoms with Gasteiger partial charge >= 0.3 is 0 Å². The molecule has 0 saturated carbocycles. The Kier molecular flexibility index (Phi) is 5.10. The fraction of sp³-hybridized carbons (Fsp3) is 0.182. The molecule has 0 aliphatic carbocycles. The topological polar surface area (TPSA) is 39.1 Å². The zero-order valence-electron chi connectivity index (χ0n) is 15.0. The van der Waals surface area contributed by atoms with Crippen LogP contribution in [0.2, 0.25) is 5.02 Å². The van der Waals surface area contributed by atoms with Crippen molar-refractivity contribution < 1.29 is 9.59 Å². The molecule has 0 fully saturated rings. The number of halogens is 1. The van der Waals surface area contributed by atoms with E-state index < -0.39 is 0 Å². The van der Waals surface area contributed by atoms with Gasteiger partial charge in [-0.05, 0) is 56.2 Å². The number of ketones is 2. The van der Waals surface area contributed by atoms with Crippen LogP contribution in [0.4, 0.5) is 0 Å². The number of rotatable bonds is 5. The molecule has 1 heterocycles. The quantitative estimate of drug-likeness (QED) is 0.565. The largest absolute Gasteiger partial charge is 0.313 e. The summed E-state index contributed by atoms with van der Waals surface area (Å²) in [5.41, 5.74) is 4.98. The molecule has 0 saturated heterocycles. The summed E-state index contributed by atoms with van der Waals surface area (Å²) < 4.78 is 2.04. The Morgan fingerprint density at radius 3 is 2.12 bits per heavy atom. The summed E-state index contributed by atoms with van der Waals surface area (Å²) >= 11 is 6.04. The Hall–Kier alpha value is -2.65. The number of hydrogen-bond donors (Lipinski definition) is 0. The standard InChI is InChI=1S/C22H20ClNO2/c1-14(25)13-20-21(16(3)26)15(2)24(19-11-9-18(23)10-12-19)22(20)17-7-5-4-6-8-17/h4-12H,13H2,1-3H3. The lowest BCUT2D eigenvalue weighted by atomic mass is 9.98. The average molecular weight is 366 g/mol. The van der Waals surface area contributed by atoms with Crippen LogP contribution in [-0.4, -0.2) is 16.1 Å². The van der Waals surface area contributed by atoms with Gasteiger partial charge in [-0.15, -0.1) is 0 Å². The predicted octanol–water partition coefficient (Wildman–Crippen LogP) is 5.44. The number of nitrogens with zero attached hydrogens (tertiary/aromatic N) is 1. The van der Waals surface area contributed by atoms with Crippen molar-refractivity contribution in [3.8, 4) is 16.9 Å². The molecule has 4 heteroatoms. The lowest BCUT2D eigenvalue weighted by Crippen LogP contribution is -2.04. The number of benzene rings is 2. The number of carbonyl (C=O) groups excluding carboxylic acids is 2. The second kappa shape index (κ2) is 7.30. The number of hydrogen-bond acceptors (Lipinski definition) is 2. The van der Waals surface area contributed by atoms with Crippen LogP contribution in [0.25, 0.3) is 16.9 Å². The van der Waals surface area contributed by atoms with Crippen molar-refractivity contribution in [2.24, 2.45) is 0 Å². The molecule has 0 unspecified atom stereocenters. The van der Waals surface area contributed by atoms with Gasteiger partial charge in [0.2, 0.25) is 0 Å². The van der Waals surface area contributed by atoms with Gasteiger partial charge in [0.15, 0.2) is 5.78 Å². The van der Waals surface area contributed by atoms with Crippen LogP contribution in [0.5, 0.6) is 0 Å². The maximum absolute atomic E-state index is 12.4. The van der Waals surface area contributed by atoms with Crippen molar-refractivity contribution in [3.63, 3.8) is 0 Å². The Morgan fingerprint density at radius 2 is 1.58 bits per heavy atom. The van der Waals surface area contributed by atoms with E-state index in [-0.39, 0.29) is 18.0 Å². The minimum absolute atomic E-state index is 0.0259. The molecule has 3 aromatic rings. The van der Waals surface area contributed by atoms with Gasteiger partial charge in [0.05, 0.1) is 5.69 Å². The van der Waals surface area contributed by atoms with Gasteiger partial charge in [-0.3, -0.25) is 9.59 Å². The van der Waals surface area contributed by atoms with Crippen LogP contribution in [0.1, 0.15) is 35.5 Å². The van der Waals surface area contributed by atoms with Crippen molar-refractivity contribution in [1.82, 2.24) is 4.57 Å². The smallest absolute Gasteiger partial charge is 0.161 e. The minimum atomic E-state index is -0.0383. The molecular weight excluding hydrogens is 346 g/mol. The van der Waals surface area contributed by atoms with E-state index >= 15 is 0 Å². The maximum atomic E-state index is 12.4. The minimum Gasteiger partial charge on any atom is -0.313 e. The van der Waals surface area contributed by atoms with Gasteiger partial charge in [-0.2, -0.15) is 0 Å². The first-order valence-corrected chi connectivity index (χ1v) is 8.84. The Balaban J connectivity index is 2.40. The van der Waals surface area contributed by atoms with Gasteiger partial charge in [-0.1, -0.05) is 41.9 Å². The highest BCUT2D eigenvalue weighted by Crippen LogP contribution is 2.35. The van der Waals surface area contributed by atoms with E-state index in [1.807, 2.05) is 66.1 Å². The number of aromatic nitrogens is 1. The summed E-state index contributed by atoms with van der Waals surface area (Å²) in [4.78, 5) is 24.3. The molecule has 0 N–H and O–H groups in total. The second-order valence-electron chi connectivity index (χ2n) is 6.40. The molecule has 26 heavy (non-hydrogen) atoms. The van der Waals surface area contributed by atoms with E-state index in [1.54, 1.807) is 13.8 Å². The maximum Gasteiger partial charge on any atom is 0.161 e. The van der Waals surface area contributed by atoms with Crippen LogP contribution in [-0.2, 0) is 11.2 Å². The van der Waals surface area contributed by atoms with Gasteiger partial charge in [0.1, 0.15) is 5.78 Å². The van der Waals surface area contributed by atoms with Crippen LogP contribution in [0.3, 0.4) is 0 Å². The molecule has 0 bridgehead atoms. The van der Waals surface area contributed by atoms with Crippen molar-refractivity contribution in [2.45, 2.75) is 27.2 Å². The number of Topliss-reactive ketones (excluding diaryl/α,β-unsaturated/α-hetero) is 2. The third kappa shape index (κ3) is 3.35. The Bertz CT molecular complexity index is 970. The lowest BCUT2D eigenvalue weighted by Gasteiger charge is -2.13. The fourth-order valence-electron chi connectivity index (χ4n) is 3.45. The van der Waals surface area contributed by atoms with Gasteiger partial charge in [0.25, 0.3) is 0 Å². The summed E-state index contributed by atoms with van der Waals surface area (Å²) in [5, 5.41) is 0.649. The van der Waals surface area contributed by atoms with Crippen LogP contribution in [0.15, 0.2) is 54.6 Å². The summed E-state index contributed by atoms with van der Waals surface area (Å²) in [6.07, 6.45) is 0.223. The number of carbonyl (C=O) groups is 2. The highest BCUT2D eigenvalue weighted by atomic mass is 35.5. The van der Waals surface area contributed by atoms with Crippen LogP contribution in [0, 0.1) is 6.92 Å². The van der Waals surface area contributed by atoms with E-state index in [4.69, 9.17) is 11.6 Å². The molecule has 0 atom stereocenters. The third-order valence-corrected chi connectivity index (χ3v) is 4.67. The van der Waals surface area contributed by atoms with Crippen molar-refractivity contribution in [3.05, 3.63) is 76.4 Å². The van der Waals surface area contributed by atoms with Crippen molar-refractivity contribution >= 4 is 23.2 Å². The van der Waals surface area contributed by atoms with Crippen LogP contribution < -0.4 is 0 Å². The van der Waals surface area contributed by atoms with Crippen LogP contribution >= 0.6 is 11.6 Å². The highest BCUT2D eigenvalue weighted by Gasteiger charge is 2.25. The molecule has 3 rings (SSSR count). The van der Waals surface area contributed by atoms with Crippen molar-refractivity contribution in [2.75, 3.05) is 0 Å². The molecule has 0 aliphatic rings. The molecule has 132 valence electrons. The second-order valence-corrected chi connectivity index (χ2v) is 6.84. The summed E-state index contributed by atoms with van der Waals surface area (Å²) in [6, 6.07) is 17.3. The van der Waals surface area contributed by atoms with Gasteiger partial charge in [-0.25, -0.2) is 0 Å². The van der Waals surface area contributed by atoms with Gasteiger partial charge < -0.3 is 4.57 Å². The predicted molar refractivity (Wildman–Crippen MR) is 105 cm³/mol. The zero-order chi connectivity index (χ0) is 18.8. The molecule has 2 aromatic carbocycles. The normalized spacial score (nSPS) is 10.8.